The third-order valence-electron chi connectivity index (χ3n) is 3.70. The van der Waals surface area contributed by atoms with Crippen LogP contribution in [0.25, 0.3) is 0 Å². The van der Waals surface area contributed by atoms with Gasteiger partial charge in [0.15, 0.2) is 0 Å². The number of carbonyl (C=O) groups is 2. The molecule has 0 spiro atoms. The van der Waals surface area contributed by atoms with Crippen LogP contribution in [0.3, 0.4) is 0 Å². The SMILES string of the molecule is CCC(=O)Nc1cccc(NC(=O)c2cc3c(s2)CCC3)c1. The molecular formula is C17H18N2O2S. The first-order chi connectivity index (χ1) is 10.7. The fraction of sp³-hybridized carbons (Fsp3) is 0.294. The summed E-state index contributed by atoms with van der Waals surface area (Å²) in [4.78, 5) is 25.8. The first-order valence-electron chi connectivity index (χ1n) is 7.48. The van der Waals surface area contributed by atoms with Crippen molar-refractivity contribution in [1.82, 2.24) is 0 Å². The molecule has 2 amide bonds. The number of rotatable bonds is 4. The Hall–Kier alpha value is -2.14. The normalized spacial score (nSPS) is 12.8. The fourth-order valence-electron chi connectivity index (χ4n) is 2.56. The Labute approximate surface area is 133 Å². The summed E-state index contributed by atoms with van der Waals surface area (Å²) in [6, 6.07) is 9.22. The Bertz CT molecular complexity index is 700. The predicted molar refractivity (Wildman–Crippen MR) is 89.7 cm³/mol. The lowest BCUT2D eigenvalue weighted by Crippen LogP contribution is -2.12. The van der Waals surface area contributed by atoms with Crippen LogP contribution in [-0.4, -0.2) is 11.8 Å². The van der Waals surface area contributed by atoms with Crippen molar-refractivity contribution in [3.63, 3.8) is 0 Å². The van der Waals surface area contributed by atoms with Gasteiger partial charge in [-0.1, -0.05) is 13.0 Å². The molecule has 1 aliphatic rings. The highest BCUT2D eigenvalue weighted by atomic mass is 32.1. The van der Waals surface area contributed by atoms with Crippen LogP contribution in [0.2, 0.25) is 0 Å². The molecule has 4 nitrogen and oxygen atoms in total. The zero-order valence-electron chi connectivity index (χ0n) is 12.4. The molecule has 0 bridgehead atoms. The van der Waals surface area contributed by atoms with E-state index in [9.17, 15) is 9.59 Å². The van der Waals surface area contributed by atoms with Gasteiger partial charge in [0.25, 0.3) is 5.91 Å². The van der Waals surface area contributed by atoms with Crippen LogP contribution < -0.4 is 10.6 Å². The molecule has 114 valence electrons. The van der Waals surface area contributed by atoms with Crippen molar-refractivity contribution < 1.29 is 9.59 Å². The van der Waals surface area contributed by atoms with Crippen LogP contribution in [0.5, 0.6) is 0 Å². The molecule has 1 aliphatic carbocycles. The molecule has 0 saturated carbocycles. The summed E-state index contributed by atoms with van der Waals surface area (Å²) in [5, 5.41) is 5.69. The van der Waals surface area contributed by atoms with Crippen LogP contribution >= 0.6 is 11.3 Å². The zero-order chi connectivity index (χ0) is 15.5. The summed E-state index contributed by atoms with van der Waals surface area (Å²) in [5.41, 5.74) is 2.70. The maximum Gasteiger partial charge on any atom is 0.265 e. The Balaban J connectivity index is 1.70. The van der Waals surface area contributed by atoms with Gasteiger partial charge in [0.05, 0.1) is 4.88 Å². The minimum Gasteiger partial charge on any atom is -0.326 e. The number of carbonyl (C=O) groups excluding carboxylic acids is 2. The van der Waals surface area contributed by atoms with Crippen molar-refractivity contribution in [2.75, 3.05) is 10.6 Å². The van der Waals surface area contributed by atoms with Gasteiger partial charge in [-0.3, -0.25) is 9.59 Å². The van der Waals surface area contributed by atoms with Crippen molar-refractivity contribution in [2.45, 2.75) is 32.6 Å². The lowest BCUT2D eigenvalue weighted by Gasteiger charge is -2.07. The van der Waals surface area contributed by atoms with Gasteiger partial charge in [0, 0.05) is 22.7 Å². The zero-order valence-corrected chi connectivity index (χ0v) is 13.3. The molecule has 3 rings (SSSR count). The van der Waals surface area contributed by atoms with Crippen molar-refractivity contribution in [3.05, 3.63) is 45.6 Å². The van der Waals surface area contributed by atoms with Crippen LogP contribution in [0.1, 0.15) is 39.9 Å². The third kappa shape index (κ3) is 3.20. The molecular weight excluding hydrogens is 296 g/mol. The van der Waals surface area contributed by atoms with Crippen LogP contribution in [0.4, 0.5) is 11.4 Å². The van der Waals surface area contributed by atoms with Gasteiger partial charge < -0.3 is 10.6 Å². The number of fused-ring (bicyclic) bond motifs is 1. The highest BCUT2D eigenvalue weighted by molar-refractivity contribution is 7.14. The average Bonchev–Trinajstić information content (AvgIpc) is 3.08. The summed E-state index contributed by atoms with van der Waals surface area (Å²) in [5.74, 6) is -0.128. The largest absolute Gasteiger partial charge is 0.326 e. The Morgan fingerprint density at radius 3 is 2.64 bits per heavy atom. The van der Waals surface area contributed by atoms with E-state index < -0.39 is 0 Å². The summed E-state index contributed by atoms with van der Waals surface area (Å²) in [6.07, 6.45) is 3.79. The smallest absolute Gasteiger partial charge is 0.265 e. The summed E-state index contributed by atoms with van der Waals surface area (Å²) in [6.45, 7) is 1.80. The molecule has 0 radical (unpaired) electrons. The topological polar surface area (TPSA) is 58.2 Å². The number of benzene rings is 1. The maximum atomic E-state index is 12.3. The second kappa shape index (κ2) is 6.32. The lowest BCUT2D eigenvalue weighted by molar-refractivity contribution is -0.115. The molecule has 1 aromatic carbocycles. The monoisotopic (exact) mass is 314 g/mol. The van der Waals surface area contributed by atoms with Crippen molar-refractivity contribution in [1.29, 1.82) is 0 Å². The van der Waals surface area contributed by atoms with E-state index in [1.165, 1.54) is 16.9 Å². The second-order valence-electron chi connectivity index (χ2n) is 5.35. The number of hydrogen-bond acceptors (Lipinski definition) is 3. The summed E-state index contributed by atoms with van der Waals surface area (Å²) in [7, 11) is 0. The van der Waals surface area contributed by atoms with E-state index in [1.807, 2.05) is 24.3 Å². The Morgan fingerprint density at radius 1 is 1.14 bits per heavy atom. The van der Waals surface area contributed by atoms with E-state index in [2.05, 4.69) is 10.6 Å². The molecule has 22 heavy (non-hydrogen) atoms. The van der Waals surface area contributed by atoms with Crippen molar-refractivity contribution in [2.24, 2.45) is 0 Å². The van der Waals surface area contributed by atoms with E-state index in [-0.39, 0.29) is 11.8 Å². The first-order valence-corrected chi connectivity index (χ1v) is 8.30. The quantitative estimate of drug-likeness (QED) is 0.901. The summed E-state index contributed by atoms with van der Waals surface area (Å²) < 4.78 is 0. The Kier molecular flexibility index (Phi) is 4.24. The standard InChI is InChI=1S/C17H18N2O2S/c1-2-16(20)18-12-6-4-7-13(10-12)19-17(21)15-9-11-5-3-8-14(11)22-15/h4,6-7,9-10H,2-3,5,8H2,1H3,(H,18,20)(H,19,21). The molecule has 2 aromatic rings. The highest BCUT2D eigenvalue weighted by Gasteiger charge is 2.18. The highest BCUT2D eigenvalue weighted by Crippen LogP contribution is 2.31. The van der Waals surface area contributed by atoms with Gasteiger partial charge in [0.1, 0.15) is 0 Å². The van der Waals surface area contributed by atoms with Gasteiger partial charge >= 0.3 is 0 Å². The molecule has 0 atom stereocenters. The fourth-order valence-corrected chi connectivity index (χ4v) is 3.71. The number of anilines is 2. The van der Waals surface area contributed by atoms with Crippen molar-refractivity contribution >= 4 is 34.5 Å². The number of nitrogens with one attached hydrogen (secondary N) is 2. The van der Waals surface area contributed by atoms with Gasteiger partial charge in [-0.2, -0.15) is 0 Å². The number of aryl methyl sites for hydroxylation is 2. The van der Waals surface area contributed by atoms with Crippen LogP contribution in [0.15, 0.2) is 30.3 Å². The molecule has 2 N–H and O–H groups in total. The van der Waals surface area contributed by atoms with Gasteiger partial charge in [-0.15, -0.1) is 11.3 Å². The van der Waals surface area contributed by atoms with Crippen LogP contribution in [0, 0.1) is 0 Å². The first kappa shape index (κ1) is 14.8. The van der Waals surface area contributed by atoms with E-state index in [0.29, 0.717) is 17.8 Å². The molecule has 0 fully saturated rings. The Morgan fingerprint density at radius 2 is 1.91 bits per heavy atom. The lowest BCUT2D eigenvalue weighted by atomic mass is 10.2. The number of thiophene rings is 1. The van der Waals surface area contributed by atoms with Gasteiger partial charge in [-0.25, -0.2) is 0 Å². The van der Waals surface area contributed by atoms with Crippen molar-refractivity contribution in [3.8, 4) is 0 Å². The molecule has 0 saturated heterocycles. The minimum atomic E-state index is -0.0848. The molecule has 5 heteroatoms. The number of amides is 2. The minimum absolute atomic E-state index is 0.0434. The second-order valence-corrected chi connectivity index (χ2v) is 6.49. The third-order valence-corrected chi connectivity index (χ3v) is 4.93. The van der Waals surface area contributed by atoms with E-state index >= 15 is 0 Å². The van der Waals surface area contributed by atoms with E-state index in [0.717, 1.165) is 17.7 Å². The predicted octanol–water partition coefficient (Wildman–Crippen LogP) is 3.84. The van der Waals surface area contributed by atoms with Gasteiger partial charge in [-0.05, 0) is 49.1 Å². The summed E-state index contributed by atoms with van der Waals surface area (Å²) >= 11 is 1.59. The molecule has 0 unspecified atom stereocenters. The molecule has 0 aliphatic heterocycles. The average molecular weight is 314 g/mol. The maximum absolute atomic E-state index is 12.3. The van der Waals surface area contributed by atoms with Gasteiger partial charge in [0.2, 0.25) is 5.91 Å². The van der Waals surface area contributed by atoms with Crippen LogP contribution in [-0.2, 0) is 17.6 Å². The van der Waals surface area contributed by atoms with E-state index in [4.69, 9.17) is 0 Å². The molecule has 1 heterocycles. The molecule has 1 aromatic heterocycles. The number of hydrogen-bond donors (Lipinski definition) is 2. The van der Waals surface area contributed by atoms with E-state index in [1.54, 1.807) is 24.3 Å².